The second-order valence-corrected chi connectivity index (χ2v) is 7.30. The molecule has 2 N–H and O–H groups in total. The lowest BCUT2D eigenvalue weighted by atomic mass is 9.95. The van der Waals surface area contributed by atoms with Gasteiger partial charge in [-0.25, -0.2) is 4.98 Å². The highest BCUT2D eigenvalue weighted by Gasteiger charge is 2.22. The summed E-state index contributed by atoms with van der Waals surface area (Å²) in [7, 11) is 0. The van der Waals surface area contributed by atoms with Crippen LogP contribution in [0.25, 0.3) is 11.3 Å². The molecule has 1 aromatic heterocycles. The van der Waals surface area contributed by atoms with E-state index in [0.29, 0.717) is 5.92 Å². The van der Waals surface area contributed by atoms with Crippen LogP contribution in [-0.4, -0.2) is 24.3 Å². The molecular weight excluding hydrogens is 310 g/mol. The summed E-state index contributed by atoms with van der Waals surface area (Å²) in [5.41, 5.74) is 8.91. The highest BCUT2D eigenvalue weighted by atomic mass is 32.2. The fourth-order valence-corrected chi connectivity index (χ4v) is 4.04. The molecule has 0 saturated carbocycles. The largest absolute Gasteiger partial charge is 0.402 e. The number of thioether (sulfide) groups is 1. The number of benzene rings is 1. The molecule has 0 unspecified atom stereocenters. The van der Waals surface area contributed by atoms with Gasteiger partial charge in [0.15, 0.2) is 5.13 Å². The summed E-state index contributed by atoms with van der Waals surface area (Å²) in [6.07, 6.45) is 4.24. The second kappa shape index (κ2) is 6.75. The van der Waals surface area contributed by atoms with E-state index in [1.807, 2.05) is 0 Å². The number of thiazole rings is 1. The first kappa shape index (κ1) is 15.4. The average molecular weight is 332 g/mol. The molecule has 5 heteroatoms. The third-order valence-corrected chi connectivity index (χ3v) is 5.81. The Morgan fingerprint density at radius 2 is 2.00 bits per heavy atom. The van der Waals surface area contributed by atoms with Crippen molar-refractivity contribution in [1.29, 1.82) is 0 Å². The number of hydrogen-bond acceptors (Lipinski definition) is 5. The fourth-order valence-electron chi connectivity index (χ4n) is 2.75. The van der Waals surface area contributed by atoms with Gasteiger partial charge in [-0.1, -0.05) is 18.7 Å². The Hall–Kier alpha value is -1.46. The molecule has 0 bridgehead atoms. The van der Waals surface area contributed by atoms with Gasteiger partial charge in [-0.15, -0.1) is 23.1 Å². The third-order valence-electron chi connectivity index (χ3n) is 4.17. The van der Waals surface area contributed by atoms with Gasteiger partial charge in [0.05, 0.1) is 5.69 Å². The van der Waals surface area contributed by atoms with Crippen molar-refractivity contribution in [2.75, 3.05) is 24.2 Å². The summed E-state index contributed by atoms with van der Waals surface area (Å²) in [6, 6.07) is 8.60. The van der Waals surface area contributed by atoms with Crippen LogP contribution in [-0.2, 0) is 0 Å². The maximum atomic E-state index is 5.83. The van der Waals surface area contributed by atoms with Crippen molar-refractivity contribution >= 4 is 28.2 Å². The SMILES string of the molecule is C=C(N)C1CCN(c2nc(-c3ccc(SC)cc3)cs2)CC1. The smallest absolute Gasteiger partial charge is 0.185 e. The lowest BCUT2D eigenvalue weighted by Gasteiger charge is -2.31. The number of anilines is 1. The summed E-state index contributed by atoms with van der Waals surface area (Å²) in [5.74, 6) is 0.467. The zero-order chi connectivity index (χ0) is 15.5. The minimum atomic E-state index is 0.467. The van der Waals surface area contributed by atoms with Crippen molar-refractivity contribution in [1.82, 2.24) is 4.98 Å². The maximum absolute atomic E-state index is 5.83. The van der Waals surface area contributed by atoms with Gasteiger partial charge in [-0.2, -0.15) is 0 Å². The number of hydrogen-bond donors (Lipinski definition) is 1. The van der Waals surface area contributed by atoms with E-state index in [9.17, 15) is 0 Å². The van der Waals surface area contributed by atoms with Crippen molar-refractivity contribution < 1.29 is 0 Å². The molecule has 0 atom stereocenters. The van der Waals surface area contributed by atoms with E-state index in [4.69, 9.17) is 10.7 Å². The molecule has 1 aromatic carbocycles. The van der Waals surface area contributed by atoms with Crippen LogP contribution in [0.4, 0.5) is 5.13 Å². The van der Waals surface area contributed by atoms with Crippen molar-refractivity contribution in [3.63, 3.8) is 0 Å². The van der Waals surface area contributed by atoms with Crippen LogP contribution in [0, 0.1) is 5.92 Å². The minimum Gasteiger partial charge on any atom is -0.402 e. The number of nitrogens with zero attached hydrogens (tertiary/aromatic N) is 2. The Kier molecular flexibility index (Phi) is 4.74. The Morgan fingerprint density at radius 3 is 2.59 bits per heavy atom. The number of nitrogens with two attached hydrogens (primary N) is 1. The molecule has 0 aliphatic carbocycles. The number of allylic oxidation sites excluding steroid dienone is 1. The molecule has 0 radical (unpaired) electrons. The van der Waals surface area contributed by atoms with Crippen molar-refractivity contribution in [2.24, 2.45) is 11.7 Å². The van der Waals surface area contributed by atoms with Crippen LogP contribution in [0.15, 0.2) is 46.8 Å². The highest BCUT2D eigenvalue weighted by molar-refractivity contribution is 7.98. The monoisotopic (exact) mass is 331 g/mol. The zero-order valence-electron chi connectivity index (χ0n) is 12.8. The van der Waals surface area contributed by atoms with E-state index < -0.39 is 0 Å². The molecule has 22 heavy (non-hydrogen) atoms. The molecule has 1 saturated heterocycles. The highest BCUT2D eigenvalue weighted by Crippen LogP contribution is 2.31. The van der Waals surface area contributed by atoms with Crippen LogP contribution in [0.1, 0.15) is 12.8 Å². The van der Waals surface area contributed by atoms with Crippen LogP contribution in [0.5, 0.6) is 0 Å². The van der Waals surface area contributed by atoms with Gasteiger partial charge < -0.3 is 10.6 Å². The number of rotatable bonds is 4. The Balaban J connectivity index is 1.70. The lowest BCUT2D eigenvalue weighted by molar-refractivity contribution is 0.456. The van der Waals surface area contributed by atoms with Gasteiger partial charge in [0.25, 0.3) is 0 Å². The Morgan fingerprint density at radius 1 is 1.32 bits per heavy atom. The van der Waals surface area contributed by atoms with Gasteiger partial charge >= 0.3 is 0 Å². The quantitative estimate of drug-likeness (QED) is 0.852. The zero-order valence-corrected chi connectivity index (χ0v) is 14.4. The molecule has 3 nitrogen and oxygen atoms in total. The average Bonchev–Trinajstić information content (AvgIpc) is 3.05. The molecule has 1 aliphatic rings. The predicted octanol–water partition coefficient (Wildman–Crippen LogP) is 4.22. The molecule has 3 rings (SSSR count). The summed E-state index contributed by atoms with van der Waals surface area (Å²) < 4.78 is 0. The Labute approximate surface area is 140 Å². The standard InChI is InChI=1S/C17H21N3S2/c1-12(18)13-7-9-20(10-8-13)17-19-16(11-22-17)14-3-5-15(21-2)6-4-14/h3-6,11,13H,1,7-10,18H2,2H3. The van der Waals surface area contributed by atoms with E-state index in [-0.39, 0.29) is 0 Å². The summed E-state index contributed by atoms with van der Waals surface area (Å²) in [6.45, 7) is 5.91. The van der Waals surface area contributed by atoms with E-state index in [1.54, 1.807) is 23.1 Å². The summed E-state index contributed by atoms with van der Waals surface area (Å²) in [5, 5.41) is 3.27. The molecule has 116 valence electrons. The first-order valence-corrected chi connectivity index (χ1v) is 9.57. The van der Waals surface area contributed by atoms with Crippen LogP contribution in [0.3, 0.4) is 0 Å². The fraction of sp³-hybridized carbons (Fsp3) is 0.353. The number of aromatic nitrogens is 1. The van der Waals surface area contributed by atoms with E-state index in [2.05, 4.69) is 47.4 Å². The Bertz CT molecular complexity index is 640. The van der Waals surface area contributed by atoms with Gasteiger partial charge in [-0.05, 0) is 31.2 Å². The van der Waals surface area contributed by atoms with Gasteiger partial charge in [0, 0.05) is 40.5 Å². The third kappa shape index (κ3) is 3.31. The molecular formula is C17H21N3S2. The summed E-state index contributed by atoms with van der Waals surface area (Å²) in [4.78, 5) is 8.46. The van der Waals surface area contributed by atoms with Gasteiger partial charge in [-0.3, -0.25) is 0 Å². The first-order valence-electron chi connectivity index (χ1n) is 7.46. The normalized spacial score (nSPS) is 16.0. The van der Waals surface area contributed by atoms with Crippen molar-refractivity contribution in [3.05, 3.63) is 41.9 Å². The van der Waals surface area contributed by atoms with Gasteiger partial charge in [0.2, 0.25) is 0 Å². The van der Waals surface area contributed by atoms with E-state index in [1.165, 1.54) is 10.5 Å². The molecule has 2 aromatic rings. The second-order valence-electron chi connectivity index (χ2n) is 5.58. The van der Waals surface area contributed by atoms with Crippen molar-refractivity contribution in [2.45, 2.75) is 17.7 Å². The lowest BCUT2D eigenvalue weighted by Crippen LogP contribution is -2.35. The van der Waals surface area contributed by atoms with Crippen LogP contribution >= 0.6 is 23.1 Å². The van der Waals surface area contributed by atoms with E-state index in [0.717, 1.165) is 42.5 Å². The molecule has 0 amide bonds. The molecule has 1 fully saturated rings. The maximum Gasteiger partial charge on any atom is 0.185 e. The van der Waals surface area contributed by atoms with Crippen LogP contribution < -0.4 is 10.6 Å². The molecule has 1 aliphatic heterocycles. The number of piperidine rings is 1. The summed E-state index contributed by atoms with van der Waals surface area (Å²) >= 11 is 3.49. The first-order chi connectivity index (χ1) is 10.7. The van der Waals surface area contributed by atoms with Crippen LogP contribution in [0.2, 0.25) is 0 Å². The van der Waals surface area contributed by atoms with Crippen molar-refractivity contribution in [3.8, 4) is 11.3 Å². The molecule has 0 spiro atoms. The topological polar surface area (TPSA) is 42.1 Å². The molecule has 2 heterocycles. The minimum absolute atomic E-state index is 0.467. The predicted molar refractivity (Wildman–Crippen MR) is 97.6 cm³/mol. The van der Waals surface area contributed by atoms with Gasteiger partial charge in [0.1, 0.15) is 0 Å². The van der Waals surface area contributed by atoms with E-state index >= 15 is 0 Å².